The standard InChI is InChI=1S/C18H26N4O2/c1-4-24-14-11-18(19,17(14,2)3)16(23)20-9-8-13-12-22-10-6-5-7-15(22)21-13/h5-7,10,12,14H,4,8-9,11,19H2,1-3H3,(H,20,23). The normalized spacial score (nSPS) is 25.4. The molecule has 1 saturated carbocycles. The first-order valence-electron chi connectivity index (χ1n) is 8.50. The molecule has 3 rings (SSSR count). The Morgan fingerprint density at radius 3 is 2.96 bits per heavy atom. The largest absolute Gasteiger partial charge is 0.378 e. The van der Waals surface area contributed by atoms with Gasteiger partial charge in [0.05, 0.1) is 11.8 Å². The lowest BCUT2D eigenvalue weighted by atomic mass is 9.54. The molecule has 2 aromatic rings. The fourth-order valence-electron chi connectivity index (χ4n) is 3.39. The number of ether oxygens (including phenoxy) is 1. The maximum atomic E-state index is 12.6. The van der Waals surface area contributed by atoms with Crippen LogP contribution in [0, 0.1) is 5.41 Å². The zero-order chi connectivity index (χ0) is 17.4. The topological polar surface area (TPSA) is 81.6 Å². The SMILES string of the molecule is CCOC1CC(N)(C(=O)NCCc2cn3ccccc3n2)C1(C)C. The fraction of sp³-hybridized carbons (Fsp3) is 0.556. The van der Waals surface area contributed by atoms with Gasteiger partial charge in [-0.3, -0.25) is 4.79 Å². The third kappa shape index (κ3) is 2.70. The highest BCUT2D eigenvalue weighted by molar-refractivity contribution is 5.88. The van der Waals surface area contributed by atoms with E-state index in [1.165, 1.54) is 0 Å². The summed E-state index contributed by atoms with van der Waals surface area (Å²) >= 11 is 0. The number of pyridine rings is 1. The predicted octanol–water partition coefficient (Wildman–Crippen LogP) is 1.53. The number of nitrogens with two attached hydrogens (primary N) is 1. The molecule has 1 amide bonds. The van der Waals surface area contributed by atoms with Crippen molar-refractivity contribution in [3.8, 4) is 0 Å². The van der Waals surface area contributed by atoms with Crippen molar-refractivity contribution in [1.82, 2.24) is 14.7 Å². The molecule has 2 unspecified atom stereocenters. The Bertz CT molecular complexity index is 706. The molecule has 130 valence electrons. The summed E-state index contributed by atoms with van der Waals surface area (Å²) in [5.74, 6) is -0.104. The van der Waals surface area contributed by atoms with Gasteiger partial charge in [-0.15, -0.1) is 0 Å². The van der Waals surface area contributed by atoms with Crippen LogP contribution in [0.25, 0.3) is 5.65 Å². The monoisotopic (exact) mass is 330 g/mol. The van der Waals surface area contributed by atoms with E-state index in [1.54, 1.807) is 0 Å². The van der Waals surface area contributed by atoms with E-state index in [2.05, 4.69) is 10.3 Å². The van der Waals surface area contributed by atoms with E-state index in [1.807, 2.05) is 55.8 Å². The van der Waals surface area contributed by atoms with Crippen molar-refractivity contribution in [2.45, 2.75) is 45.3 Å². The van der Waals surface area contributed by atoms with Crippen molar-refractivity contribution >= 4 is 11.6 Å². The lowest BCUT2D eigenvalue weighted by Gasteiger charge is -2.57. The van der Waals surface area contributed by atoms with Crippen LogP contribution in [0.1, 0.15) is 32.9 Å². The molecule has 2 heterocycles. The van der Waals surface area contributed by atoms with Crippen LogP contribution in [-0.4, -0.2) is 40.1 Å². The molecule has 6 heteroatoms. The minimum atomic E-state index is -0.869. The smallest absolute Gasteiger partial charge is 0.240 e. The number of aromatic nitrogens is 2. The molecule has 3 N–H and O–H groups in total. The lowest BCUT2D eigenvalue weighted by molar-refractivity contribution is -0.170. The molecule has 1 fully saturated rings. The quantitative estimate of drug-likeness (QED) is 0.841. The van der Waals surface area contributed by atoms with E-state index in [9.17, 15) is 4.79 Å². The Kier molecular flexibility index (Phi) is 4.36. The number of hydrogen-bond acceptors (Lipinski definition) is 4. The highest BCUT2D eigenvalue weighted by Crippen LogP contribution is 2.49. The molecule has 0 spiro atoms. The van der Waals surface area contributed by atoms with E-state index in [0.29, 0.717) is 26.0 Å². The van der Waals surface area contributed by atoms with Crippen molar-refractivity contribution in [3.63, 3.8) is 0 Å². The number of imidazole rings is 1. The second kappa shape index (κ2) is 6.18. The van der Waals surface area contributed by atoms with Gasteiger partial charge in [-0.2, -0.15) is 0 Å². The van der Waals surface area contributed by atoms with Gasteiger partial charge in [0.1, 0.15) is 11.2 Å². The molecule has 0 aromatic carbocycles. The zero-order valence-electron chi connectivity index (χ0n) is 14.6. The zero-order valence-corrected chi connectivity index (χ0v) is 14.6. The van der Waals surface area contributed by atoms with Crippen LogP contribution in [0.5, 0.6) is 0 Å². The molecule has 2 atom stereocenters. The lowest BCUT2D eigenvalue weighted by Crippen LogP contribution is -2.75. The molecule has 0 radical (unpaired) electrons. The Hall–Kier alpha value is -1.92. The number of carbonyl (C=O) groups excluding carboxylic acids is 1. The summed E-state index contributed by atoms with van der Waals surface area (Å²) in [5, 5.41) is 2.97. The Morgan fingerprint density at radius 2 is 2.29 bits per heavy atom. The number of carbonyl (C=O) groups is 1. The second-order valence-electron chi connectivity index (χ2n) is 7.05. The first kappa shape index (κ1) is 16.9. The van der Waals surface area contributed by atoms with Crippen LogP contribution in [0.3, 0.4) is 0 Å². The summed E-state index contributed by atoms with van der Waals surface area (Å²) in [5.41, 5.74) is 7.00. The molecule has 1 aliphatic carbocycles. The maximum Gasteiger partial charge on any atom is 0.240 e. The van der Waals surface area contributed by atoms with Crippen molar-refractivity contribution < 1.29 is 9.53 Å². The number of rotatable bonds is 6. The molecule has 0 bridgehead atoms. The van der Waals surface area contributed by atoms with Gasteiger partial charge in [-0.05, 0) is 19.1 Å². The molecule has 2 aromatic heterocycles. The highest BCUT2D eigenvalue weighted by atomic mass is 16.5. The maximum absolute atomic E-state index is 12.6. The van der Waals surface area contributed by atoms with E-state index in [-0.39, 0.29) is 17.4 Å². The molecular formula is C18H26N4O2. The first-order chi connectivity index (χ1) is 11.4. The van der Waals surface area contributed by atoms with Crippen LogP contribution < -0.4 is 11.1 Å². The van der Waals surface area contributed by atoms with Gasteiger partial charge in [0.15, 0.2) is 0 Å². The predicted molar refractivity (Wildman–Crippen MR) is 92.6 cm³/mol. The van der Waals surface area contributed by atoms with Crippen molar-refractivity contribution in [2.24, 2.45) is 11.1 Å². The van der Waals surface area contributed by atoms with Crippen molar-refractivity contribution in [1.29, 1.82) is 0 Å². The average Bonchev–Trinajstić information content (AvgIpc) is 2.97. The van der Waals surface area contributed by atoms with Gasteiger partial charge in [0.2, 0.25) is 5.91 Å². The number of nitrogens with zero attached hydrogens (tertiary/aromatic N) is 2. The van der Waals surface area contributed by atoms with Crippen LogP contribution in [0.15, 0.2) is 30.6 Å². The third-order valence-corrected chi connectivity index (χ3v) is 5.32. The van der Waals surface area contributed by atoms with Gasteiger partial charge in [0, 0.05) is 43.8 Å². The summed E-state index contributed by atoms with van der Waals surface area (Å²) < 4.78 is 7.65. The highest BCUT2D eigenvalue weighted by Gasteiger charge is 2.62. The summed E-state index contributed by atoms with van der Waals surface area (Å²) in [6, 6.07) is 5.88. The second-order valence-corrected chi connectivity index (χ2v) is 7.05. The number of hydrogen-bond donors (Lipinski definition) is 2. The Labute approximate surface area is 142 Å². The number of amides is 1. The van der Waals surface area contributed by atoms with Crippen LogP contribution in [0.2, 0.25) is 0 Å². The summed E-state index contributed by atoms with van der Waals surface area (Å²) in [7, 11) is 0. The van der Waals surface area contributed by atoms with E-state index >= 15 is 0 Å². The van der Waals surface area contributed by atoms with Crippen LogP contribution in [0.4, 0.5) is 0 Å². The van der Waals surface area contributed by atoms with Crippen molar-refractivity contribution in [3.05, 3.63) is 36.3 Å². The number of fused-ring (bicyclic) bond motifs is 1. The average molecular weight is 330 g/mol. The molecule has 6 nitrogen and oxygen atoms in total. The summed E-state index contributed by atoms with van der Waals surface area (Å²) in [6.45, 7) is 7.12. The molecule has 1 aliphatic rings. The van der Waals surface area contributed by atoms with Crippen LogP contribution >= 0.6 is 0 Å². The van der Waals surface area contributed by atoms with Crippen molar-refractivity contribution in [2.75, 3.05) is 13.2 Å². The van der Waals surface area contributed by atoms with Gasteiger partial charge >= 0.3 is 0 Å². The molecular weight excluding hydrogens is 304 g/mol. The number of nitrogens with one attached hydrogen (secondary N) is 1. The molecule has 24 heavy (non-hydrogen) atoms. The summed E-state index contributed by atoms with van der Waals surface area (Å²) in [6.07, 6.45) is 5.23. The van der Waals surface area contributed by atoms with E-state index in [0.717, 1.165) is 11.3 Å². The minimum Gasteiger partial charge on any atom is -0.378 e. The Balaban J connectivity index is 1.56. The Morgan fingerprint density at radius 1 is 1.50 bits per heavy atom. The molecule has 0 aliphatic heterocycles. The summed E-state index contributed by atoms with van der Waals surface area (Å²) in [4.78, 5) is 17.1. The van der Waals surface area contributed by atoms with Gasteiger partial charge in [-0.1, -0.05) is 19.9 Å². The third-order valence-electron chi connectivity index (χ3n) is 5.32. The fourth-order valence-corrected chi connectivity index (χ4v) is 3.39. The van der Waals surface area contributed by atoms with Gasteiger partial charge < -0.3 is 20.2 Å². The van der Waals surface area contributed by atoms with E-state index < -0.39 is 5.54 Å². The van der Waals surface area contributed by atoms with Gasteiger partial charge in [0.25, 0.3) is 0 Å². The minimum absolute atomic E-state index is 0.0386. The molecule has 0 saturated heterocycles. The van der Waals surface area contributed by atoms with Crippen LogP contribution in [-0.2, 0) is 16.0 Å². The van der Waals surface area contributed by atoms with Gasteiger partial charge in [-0.25, -0.2) is 4.98 Å². The first-order valence-corrected chi connectivity index (χ1v) is 8.50. The van der Waals surface area contributed by atoms with E-state index in [4.69, 9.17) is 10.5 Å².